The second-order valence-electron chi connectivity index (χ2n) is 2.47. The Hall–Kier alpha value is -1.22. The summed E-state index contributed by atoms with van der Waals surface area (Å²) in [5.41, 5.74) is 2.37. The summed E-state index contributed by atoms with van der Waals surface area (Å²) in [6, 6.07) is 8.15. The van der Waals surface area contributed by atoms with Crippen molar-refractivity contribution in [3.05, 3.63) is 24.3 Å². The van der Waals surface area contributed by atoms with E-state index in [2.05, 4.69) is 12.1 Å². The minimum atomic E-state index is 0.888. The molecule has 1 aromatic rings. The predicted molar refractivity (Wildman–Crippen MR) is 37.4 cm³/mol. The Kier molecular flexibility index (Phi) is 0.581. The monoisotopic (exact) mass is 134 g/mol. The lowest BCUT2D eigenvalue weighted by atomic mass is 10.3. The fraction of sp³-hybridized carbons (Fsp3) is 0.143. The Morgan fingerprint density at radius 3 is 2.10 bits per heavy atom. The van der Waals surface area contributed by atoms with E-state index in [1.807, 2.05) is 22.3 Å². The summed E-state index contributed by atoms with van der Waals surface area (Å²) in [5, 5.41) is 3.74. The Balaban J connectivity index is 2.29. The molecule has 10 heavy (non-hydrogen) atoms. The summed E-state index contributed by atoms with van der Waals surface area (Å²) in [6.45, 7) is 0.888. The molecule has 0 amide bonds. The van der Waals surface area contributed by atoms with Crippen LogP contribution in [-0.4, -0.2) is 6.67 Å². The SMILES string of the molecule is c1ccc2c(c1)N1CN2O1. The van der Waals surface area contributed by atoms with Crippen LogP contribution in [0.1, 0.15) is 0 Å². The van der Waals surface area contributed by atoms with E-state index < -0.39 is 0 Å². The van der Waals surface area contributed by atoms with Crippen molar-refractivity contribution in [1.29, 1.82) is 0 Å². The van der Waals surface area contributed by atoms with Gasteiger partial charge in [0.25, 0.3) is 0 Å². The Labute approximate surface area is 58.3 Å². The zero-order chi connectivity index (χ0) is 6.55. The molecule has 0 atom stereocenters. The third-order valence-corrected chi connectivity index (χ3v) is 1.87. The van der Waals surface area contributed by atoms with Gasteiger partial charge in [0.05, 0.1) is 11.4 Å². The second kappa shape index (κ2) is 1.27. The predicted octanol–water partition coefficient (Wildman–Crippen LogP) is 1.13. The molecule has 3 aliphatic heterocycles. The number of hydrogen-bond acceptors (Lipinski definition) is 3. The summed E-state index contributed by atoms with van der Waals surface area (Å²) in [5.74, 6) is 0. The molecular weight excluding hydrogens is 128 g/mol. The normalized spacial score (nSPS) is 18.8. The van der Waals surface area contributed by atoms with Gasteiger partial charge in [-0.2, -0.15) is 0 Å². The smallest absolute Gasteiger partial charge is 0.147 e. The minimum Gasteiger partial charge on any atom is -0.205 e. The number of nitrogens with zero attached hydrogens (tertiary/aromatic N) is 2. The minimum absolute atomic E-state index is 0.888. The first-order valence-electron chi connectivity index (χ1n) is 3.27. The van der Waals surface area contributed by atoms with Gasteiger partial charge in [-0.05, 0) is 12.1 Å². The van der Waals surface area contributed by atoms with Gasteiger partial charge >= 0.3 is 0 Å². The summed E-state index contributed by atoms with van der Waals surface area (Å²) < 4.78 is 0. The van der Waals surface area contributed by atoms with Crippen LogP contribution < -0.4 is 10.1 Å². The summed E-state index contributed by atoms with van der Waals surface area (Å²) in [4.78, 5) is 5.19. The molecule has 3 heteroatoms. The number of para-hydroxylation sites is 2. The van der Waals surface area contributed by atoms with Crippen LogP contribution in [-0.2, 0) is 4.94 Å². The van der Waals surface area contributed by atoms with Gasteiger partial charge in [0.2, 0.25) is 0 Å². The Bertz CT molecular complexity index is 254. The van der Waals surface area contributed by atoms with E-state index >= 15 is 0 Å². The van der Waals surface area contributed by atoms with Gasteiger partial charge < -0.3 is 0 Å². The van der Waals surface area contributed by atoms with Crippen molar-refractivity contribution in [2.75, 3.05) is 16.8 Å². The van der Waals surface area contributed by atoms with Gasteiger partial charge in [0, 0.05) is 0 Å². The van der Waals surface area contributed by atoms with Gasteiger partial charge in [-0.15, -0.1) is 4.94 Å². The van der Waals surface area contributed by atoms with Gasteiger partial charge in [0.1, 0.15) is 6.67 Å². The lowest BCUT2D eigenvalue weighted by Crippen LogP contribution is -2.46. The van der Waals surface area contributed by atoms with Crippen LogP contribution in [0.2, 0.25) is 0 Å². The van der Waals surface area contributed by atoms with Crippen LogP contribution in [0.5, 0.6) is 0 Å². The lowest BCUT2D eigenvalue weighted by molar-refractivity contribution is 0.0126. The number of anilines is 2. The first-order valence-corrected chi connectivity index (χ1v) is 3.27. The Morgan fingerprint density at radius 2 is 1.60 bits per heavy atom. The van der Waals surface area contributed by atoms with Crippen molar-refractivity contribution in [2.24, 2.45) is 0 Å². The first kappa shape index (κ1) is 4.57. The van der Waals surface area contributed by atoms with Crippen molar-refractivity contribution < 1.29 is 4.94 Å². The average molecular weight is 134 g/mol. The highest BCUT2D eigenvalue weighted by Crippen LogP contribution is 2.42. The highest BCUT2D eigenvalue weighted by atomic mass is 16.9. The van der Waals surface area contributed by atoms with Crippen LogP contribution in [0.3, 0.4) is 0 Å². The van der Waals surface area contributed by atoms with E-state index in [-0.39, 0.29) is 0 Å². The van der Waals surface area contributed by atoms with Crippen LogP contribution in [0.15, 0.2) is 24.3 Å². The number of rotatable bonds is 0. The van der Waals surface area contributed by atoms with Crippen molar-refractivity contribution in [2.45, 2.75) is 0 Å². The van der Waals surface area contributed by atoms with Crippen LogP contribution in [0.25, 0.3) is 0 Å². The molecule has 1 fully saturated rings. The Morgan fingerprint density at radius 1 is 1.10 bits per heavy atom. The third kappa shape index (κ3) is 0.341. The van der Waals surface area contributed by atoms with Crippen molar-refractivity contribution >= 4 is 11.4 Å². The average Bonchev–Trinajstić information content (AvgIpc) is 2.36. The molecular formula is C7H6N2O. The van der Waals surface area contributed by atoms with Crippen molar-refractivity contribution in [3.8, 4) is 0 Å². The van der Waals surface area contributed by atoms with Crippen molar-refractivity contribution in [1.82, 2.24) is 0 Å². The molecule has 0 spiro atoms. The second-order valence-corrected chi connectivity index (χ2v) is 2.47. The number of benzene rings is 1. The van der Waals surface area contributed by atoms with Gasteiger partial charge in [0.15, 0.2) is 0 Å². The van der Waals surface area contributed by atoms with E-state index in [0.717, 1.165) is 6.67 Å². The van der Waals surface area contributed by atoms with Gasteiger partial charge in [-0.3, -0.25) is 0 Å². The largest absolute Gasteiger partial charge is 0.205 e. The molecule has 1 aromatic carbocycles. The topological polar surface area (TPSA) is 15.7 Å². The van der Waals surface area contributed by atoms with E-state index in [1.54, 1.807) is 0 Å². The molecule has 0 N–H and O–H groups in total. The van der Waals surface area contributed by atoms with Crippen LogP contribution >= 0.6 is 0 Å². The summed E-state index contributed by atoms with van der Waals surface area (Å²) in [7, 11) is 0. The highest BCUT2D eigenvalue weighted by Gasteiger charge is 2.38. The standard InChI is InChI=1S/C7H6N2O/c1-2-4-7-6(3-1)8-5-9(7)10-8/h1-4H,5H2. The zero-order valence-electron chi connectivity index (χ0n) is 5.32. The fourth-order valence-corrected chi connectivity index (χ4v) is 1.36. The fourth-order valence-electron chi connectivity index (χ4n) is 1.36. The molecule has 3 aliphatic rings. The van der Waals surface area contributed by atoms with E-state index in [4.69, 9.17) is 4.94 Å². The molecule has 0 saturated carbocycles. The third-order valence-electron chi connectivity index (χ3n) is 1.87. The van der Waals surface area contributed by atoms with E-state index in [0.29, 0.717) is 0 Å². The first-order chi connectivity index (χ1) is 4.95. The highest BCUT2D eigenvalue weighted by molar-refractivity contribution is 5.76. The molecule has 0 radical (unpaired) electrons. The molecule has 3 heterocycles. The maximum absolute atomic E-state index is 5.19. The summed E-state index contributed by atoms with van der Waals surface area (Å²) in [6.07, 6.45) is 0. The molecule has 1 saturated heterocycles. The molecule has 3 nitrogen and oxygen atoms in total. The molecule has 4 rings (SSSR count). The lowest BCUT2D eigenvalue weighted by Gasteiger charge is -2.30. The maximum Gasteiger partial charge on any atom is 0.147 e. The van der Waals surface area contributed by atoms with Gasteiger partial charge in [-0.25, -0.2) is 10.1 Å². The number of hydrogen-bond donors (Lipinski definition) is 0. The summed E-state index contributed by atoms with van der Waals surface area (Å²) >= 11 is 0. The van der Waals surface area contributed by atoms with E-state index in [9.17, 15) is 0 Å². The van der Waals surface area contributed by atoms with E-state index in [1.165, 1.54) is 11.4 Å². The molecule has 0 aromatic heterocycles. The van der Waals surface area contributed by atoms with Crippen molar-refractivity contribution in [3.63, 3.8) is 0 Å². The molecule has 0 aliphatic carbocycles. The van der Waals surface area contributed by atoms with Crippen LogP contribution in [0.4, 0.5) is 11.4 Å². The number of hydroxylamine groups is 2. The van der Waals surface area contributed by atoms with Crippen LogP contribution in [0, 0.1) is 0 Å². The maximum atomic E-state index is 5.19. The molecule has 2 bridgehead atoms. The molecule has 50 valence electrons. The zero-order valence-corrected chi connectivity index (χ0v) is 5.32. The quantitative estimate of drug-likeness (QED) is 0.529. The molecule has 0 unspecified atom stereocenters. The van der Waals surface area contributed by atoms with Gasteiger partial charge in [-0.1, -0.05) is 12.1 Å².